The zero-order valence-electron chi connectivity index (χ0n) is 14.0. The van der Waals surface area contributed by atoms with E-state index in [0.29, 0.717) is 18.2 Å². The van der Waals surface area contributed by atoms with Crippen LogP contribution >= 0.6 is 0 Å². The van der Waals surface area contributed by atoms with E-state index >= 15 is 0 Å². The number of nitrogens with one attached hydrogen (secondary N) is 1. The van der Waals surface area contributed by atoms with Gasteiger partial charge in [-0.25, -0.2) is 4.68 Å². The van der Waals surface area contributed by atoms with Crippen LogP contribution in [0.3, 0.4) is 0 Å². The van der Waals surface area contributed by atoms with Gasteiger partial charge >= 0.3 is 0 Å². The van der Waals surface area contributed by atoms with Crippen molar-refractivity contribution in [3.63, 3.8) is 0 Å². The molecule has 1 aliphatic carbocycles. The van der Waals surface area contributed by atoms with Crippen LogP contribution in [0.5, 0.6) is 0 Å². The molecule has 1 atom stereocenters. The maximum atomic E-state index is 12.5. The summed E-state index contributed by atoms with van der Waals surface area (Å²) in [5.74, 6) is 0.414. The molecule has 1 saturated heterocycles. The SMILES string of the molecule is Cc1ccc(-n2nc(C(=O)NCC3CCCO3)cc2C2CC2)cc1. The molecule has 126 valence electrons. The molecule has 5 heteroatoms. The van der Waals surface area contributed by atoms with E-state index < -0.39 is 0 Å². The lowest BCUT2D eigenvalue weighted by Gasteiger charge is -2.09. The molecule has 2 aliphatic rings. The van der Waals surface area contributed by atoms with Crippen LogP contribution in [0.1, 0.15) is 53.3 Å². The molecule has 0 spiro atoms. The van der Waals surface area contributed by atoms with Gasteiger partial charge in [-0.3, -0.25) is 4.79 Å². The van der Waals surface area contributed by atoms with Gasteiger partial charge in [0, 0.05) is 24.8 Å². The summed E-state index contributed by atoms with van der Waals surface area (Å²) in [6.45, 7) is 3.43. The fourth-order valence-corrected chi connectivity index (χ4v) is 3.17. The number of amides is 1. The molecule has 1 unspecified atom stereocenters. The molecule has 0 radical (unpaired) electrons. The summed E-state index contributed by atoms with van der Waals surface area (Å²) in [4.78, 5) is 12.5. The Bertz CT molecular complexity index is 726. The van der Waals surface area contributed by atoms with Gasteiger partial charge in [0.05, 0.1) is 11.8 Å². The predicted molar refractivity (Wildman–Crippen MR) is 91.6 cm³/mol. The van der Waals surface area contributed by atoms with Crippen molar-refractivity contribution in [2.24, 2.45) is 0 Å². The fraction of sp³-hybridized carbons (Fsp3) is 0.474. The molecule has 1 aromatic carbocycles. The van der Waals surface area contributed by atoms with Crippen molar-refractivity contribution in [2.75, 3.05) is 13.2 Å². The average Bonchev–Trinajstić information content (AvgIpc) is 3.12. The third-order valence-corrected chi connectivity index (χ3v) is 4.76. The second-order valence-corrected chi connectivity index (χ2v) is 6.82. The van der Waals surface area contributed by atoms with Crippen LogP contribution in [-0.4, -0.2) is 34.9 Å². The van der Waals surface area contributed by atoms with Gasteiger partial charge in [-0.1, -0.05) is 17.7 Å². The standard InChI is InChI=1S/C19H23N3O2/c1-13-4-8-15(9-5-13)22-18(14-6-7-14)11-17(21-22)19(23)20-12-16-3-2-10-24-16/h4-5,8-9,11,14,16H,2-3,6-7,10,12H2,1H3,(H,20,23). The molecule has 5 nitrogen and oxygen atoms in total. The van der Waals surface area contributed by atoms with E-state index in [4.69, 9.17) is 4.74 Å². The highest BCUT2D eigenvalue weighted by molar-refractivity contribution is 5.92. The van der Waals surface area contributed by atoms with Crippen LogP contribution in [0.4, 0.5) is 0 Å². The minimum atomic E-state index is -0.113. The molecular weight excluding hydrogens is 302 g/mol. The van der Waals surface area contributed by atoms with Gasteiger partial charge in [0.25, 0.3) is 5.91 Å². The summed E-state index contributed by atoms with van der Waals surface area (Å²) in [6, 6.07) is 10.2. The molecule has 1 amide bonds. The Kier molecular flexibility index (Phi) is 4.10. The van der Waals surface area contributed by atoms with E-state index in [1.165, 1.54) is 18.4 Å². The molecule has 1 saturated carbocycles. The van der Waals surface area contributed by atoms with Gasteiger partial charge in [-0.05, 0) is 50.8 Å². The van der Waals surface area contributed by atoms with Crippen LogP contribution in [0, 0.1) is 6.92 Å². The molecule has 24 heavy (non-hydrogen) atoms. The van der Waals surface area contributed by atoms with Crippen molar-refractivity contribution < 1.29 is 9.53 Å². The number of hydrogen-bond acceptors (Lipinski definition) is 3. The summed E-state index contributed by atoms with van der Waals surface area (Å²) in [5.41, 5.74) is 3.87. The van der Waals surface area contributed by atoms with Crippen LogP contribution in [0.15, 0.2) is 30.3 Å². The van der Waals surface area contributed by atoms with E-state index in [9.17, 15) is 4.79 Å². The number of carbonyl (C=O) groups excluding carboxylic acids is 1. The molecule has 1 aromatic heterocycles. The number of nitrogens with zero attached hydrogens (tertiary/aromatic N) is 2. The Hall–Kier alpha value is -2.14. The third kappa shape index (κ3) is 3.22. The third-order valence-electron chi connectivity index (χ3n) is 4.76. The van der Waals surface area contributed by atoms with E-state index in [1.807, 2.05) is 10.7 Å². The van der Waals surface area contributed by atoms with Crippen molar-refractivity contribution in [1.29, 1.82) is 0 Å². The van der Waals surface area contributed by atoms with Crippen molar-refractivity contribution in [3.8, 4) is 5.69 Å². The predicted octanol–water partition coefficient (Wildman–Crippen LogP) is 2.97. The van der Waals surface area contributed by atoms with Crippen molar-refractivity contribution >= 4 is 5.91 Å². The summed E-state index contributed by atoms with van der Waals surface area (Å²) in [5, 5.41) is 7.54. The van der Waals surface area contributed by atoms with Gasteiger partial charge < -0.3 is 10.1 Å². The topological polar surface area (TPSA) is 56.2 Å². The summed E-state index contributed by atoms with van der Waals surface area (Å²) >= 11 is 0. The monoisotopic (exact) mass is 325 g/mol. The van der Waals surface area contributed by atoms with E-state index in [-0.39, 0.29) is 12.0 Å². The lowest BCUT2D eigenvalue weighted by molar-refractivity contribution is 0.0853. The normalized spacial score (nSPS) is 20.3. The second kappa shape index (κ2) is 6.40. The molecule has 2 heterocycles. The molecule has 1 N–H and O–H groups in total. The van der Waals surface area contributed by atoms with E-state index in [1.54, 1.807) is 0 Å². The van der Waals surface area contributed by atoms with Gasteiger partial charge in [0.2, 0.25) is 0 Å². The zero-order valence-corrected chi connectivity index (χ0v) is 14.0. The molecule has 2 aromatic rings. The molecule has 0 bridgehead atoms. The number of benzene rings is 1. The van der Waals surface area contributed by atoms with Crippen LogP contribution < -0.4 is 5.32 Å². The average molecular weight is 325 g/mol. The van der Waals surface area contributed by atoms with Crippen LogP contribution in [-0.2, 0) is 4.74 Å². The van der Waals surface area contributed by atoms with Crippen LogP contribution in [0.25, 0.3) is 5.69 Å². The number of ether oxygens (including phenoxy) is 1. The number of aromatic nitrogens is 2. The highest BCUT2D eigenvalue weighted by Gasteiger charge is 2.30. The Morgan fingerprint density at radius 1 is 1.29 bits per heavy atom. The van der Waals surface area contributed by atoms with Crippen LogP contribution in [0.2, 0.25) is 0 Å². The van der Waals surface area contributed by atoms with Crippen molar-refractivity contribution in [1.82, 2.24) is 15.1 Å². The Labute approximate surface area is 142 Å². The minimum Gasteiger partial charge on any atom is -0.376 e. The summed E-state index contributed by atoms with van der Waals surface area (Å²) < 4.78 is 7.49. The summed E-state index contributed by atoms with van der Waals surface area (Å²) in [7, 11) is 0. The zero-order chi connectivity index (χ0) is 16.5. The quantitative estimate of drug-likeness (QED) is 0.919. The number of carbonyl (C=O) groups is 1. The first-order valence-electron chi connectivity index (χ1n) is 8.77. The van der Waals surface area contributed by atoms with Gasteiger partial charge in [0.15, 0.2) is 5.69 Å². The number of rotatable bonds is 5. The van der Waals surface area contributed by atoms with E-state index in [0.717, 1.165) is 30.8 Å². The maximum absolute atomic E-state index is 12.5. The molecule has 2 fully saturated rings. The highest BCUT2D eigenvalue weighted by Crippen LogP contribution is 2.41. The maximum Gasteiger partial charge on any atom is 0.271 e. The highest BCUT2D eigenvalue weighted by atomic mass is 16.5. The minimum absolute atomic E-state index is 0.113. The second-order valence-electron chi connectivity index (χ2n) is 6.82. The molecule has 4 rings (SSSR count). The first-order valence-corrected chi connectivity index (χ1v) is 8.77. The lowest BCUT2D eigenvalue weighted by Crippen LogP contribution is -2.32. The first-order chi connectivity index (χ1) is 11.7. The smallest absolute Gasteiger partial charge is 0.271 e. The number of aryl methyl sites for hydroxylation is 1. The van der Waals surface area contributed by atoms with Crippen molar-refractivity contribution in [3.05, 3.63) is 47.3 Å². The van der Waals surface area contributed by atoms with E-state index in [2.05, 4.69) is 41.6 Å². The number of hydrogen-bond donors (Lipinski definition) is 1. The first kappa shape index (κ1) is 15.4. The fourth-order valence-electron chi connectivity index (χ4n) is 3.17. The Balaban J connectivity index is 1.54. The van der Waals surface area contributed by atoms with Gasteiger partial charge in [-0.2, -0.15) is 5.10 Å². The lowest BCUT2D eigenvalue weighted by atomic mass is 10.2. The molecule has 1 aliphatic heterocycles. The van der Waals surface area contributed by atoms with Gasteiger partial charge in [0.1, 0.15) is 0 Å². The largest absolute Gasteiger partial charge is 0.376 e. The van der Waals surface area contributed by atoms with Crippen molar-refractivity contribution in [2.45, 2.75) is 44.6 Å². The Morgan fingerprint density at radius 3 is 2.75 bits per heavy atom. The molecular formula is C19H23N3O2. The van der Waals surface area contributed by atoms with Gasteiger partial charge in [-0.15, -0.1) is 0 Å². The summed E-state index contributed by atoms with van der Waals surface area (Å²) in [6.07, 6.45) is 4.60. The Morgan fingerprint density at radius 2 is 2.08 bits per heavy atom.